The second kappa shape index (κ2) is 8.86. The number of nitriles is 1. The zero-order chi connectivity index (χ0) is 20.8. The van der Waals surface area contributed by atoms with Crippen LogP contribution in [0, 0.1) is 17.2 Å². The van der Waals surface area contributed by atoms with Crippen molar-refractivity contribution in [1.29, 1.82) is 5.26 Å². The molecule has 0 saturated carbocycles. The number of amides is 2. The summed E-state index contributed by atoms with van der Waals surface area (Å²) in [4.78, 5) is 24.6. The van der Waals surface area contributed by atoms with E-state index in [0.717, 1.165) is 6.07 Å². The van der Waals surface area contributed by atoms with Crippen molar-refractivity contribution in [3.05, 3.63) is 29.8 Å². The SMILES string of the molecule is CC(C)[C@](C)(C#N)NC(=O)C[NH+](C)CC(=O)Nc1ccccc1C(F)(F)F. The van der Waals surface area contributed by atoms with Crippen LogP contribution < -0.4 is 15.5 Å². The van der Waals surface area contributed by atoms with E-state index in [9.17, 15) is 28.0 Å². The molecule has 1 aromatic carbocycles. The van der Waals surface area contributed by atoms with E-state index in [4.69, 9.17) is 0 Å². The molecule has 0 spiro atoms. The van der Waals surface area contributed by atoms with Gasteiger partial charge in [0.25, 0.3) is 11.8 Å². The molecule has 2 atom stereocenters. The average molecular weight is 385 g/mol. The number of halogens is 3. The summed E-state index contributed by atoms with van der Waals surface area (Å²) in [6.07, 6.45) is -4.58. The van der Waals surface area contributed by atoms with Gasteiger partial charge in [-0.1, -0.05) is 26.0 Å². The maximum atomic E-state index is 13.0. The molecule has 27 heavy (non-hydrogen) atoms. The van der Waals surface area contributed by atoms with Gasteiger partial charge >= 0.3 is 6.18 Å². The van der Waals surface area contributed by atoms with Crippen molar-refractivity contribution in [2.45, 2.75) is 32.5 Å². The highest BCUT2D eigenvalue weighted by molar-refractivity contribution is 5.92. The van der Waals surface area contributed by atoms with E-state index in [1.165, 1.54) is 18.2 Å². The van der Waals surface area contributed by atoms with Crippen LogP contribution in [0.25, 0.3) is 0 Å². The smallest absolute Gasteiger partial charge is 0.333 e. The number of carbonyl (C=O) groups is 2. The van der Waals surface area contributed by atoms with Crippen LogP contribution in [0.1, 0.15) is 26.3 Å². The molecule has 0 aliphatic rings. The fourth-order valence-corrected chi connectivity index (χ4v) is 2.28. The van der Waals surface area contributed by atoms with Crippen molar-refractivity contribution in [1.82, 2.24) is 5.32 Å². The fourth-order valence-electron chi connectivity index (χ4n) is 2.28. The first-order valence-corrected chi connectivity index (χ1v) is 8.38. The van der Waals surface area contributed by atoms with Crippen molar-refractivity contribution >= 4 is 17.5 Å². The van der Waals surface area contributed by atoms with Gasteiger partial charge in [0.2, 0.25) is 0 Å². The molecule has 1 unspecified atom stereocenters. The molecular formula is C18H24F3N4O2+. The largest absolute Gasteiger partial charge is 0.418 e. The van der Waals surface area contributed by atoms with E-state index in [1.54, 1.807) is 27.8 Å². The number of rotatable bonds is 7. The van der Waals surface area contributed by atoms with Gasteiger partial charge in [0.15, 0.2) is 13.1 Å². The summed E-state index contributed by atoms with van der Waals surface area (Å²) in [7, 11) is 1.56. The molecule has 3 N–H and O–H groups in total. The number of likely N-dealkylation sites (N-methyl/N-ethyl adjacent to an activating group) is 1. The van der Waals surface area contributed by atoms with Crippen LogP contribution in [0.5, 0.6) is 0 Å². The number of benzene rings is 1. The number of quaternary nitrogens is 1. The summed E-state index contributed by atoms with van der Waals surface area (Å²) in [6, 6.07) is 6.73. The Labute approximate surface area is 156 Å². The lowest BCUT2D eigenvalue weighted by atomic mass is 9.90. The van der Waals surface area contributed by atoms with Crippen LogP contribution in [-0.2, 0) is 15.8 Å². The second-order valence-electron chi connectivity index (χ2n) is 6.92. The molecule has 0 radical (unpaired) electrons. The Balaban J connectivity index is 2.66. The Morgan fingerprint density at radius 2 is 1.74 bits per heavy atom. The van der Waals surface area contributed by atoms with E-state index in [0.29, 0.717) is 4.90 Å². The van der Waals surface area contributed by atoms with Crippen LogP contribution in [0.3, 0.4) is 0 Å². The zero-order valence-corrected chi connectivity index (χ0v) is 15.7. The second-order valence-corrected chi connectivity index (χ2v) is 6.92. The summed E-state index contributed by atoms with van der Waals surface area (Å²) in [5.74, 6) is -1.19. The molecule has 148 valence electrons. The Morgan fingerprint density at radius 3 is 2.26 bits per heavy atom. The maximum absolute atomic E-state index is 13.0. The van der Waals surface area contributed by atoms with Gasteiger partial charge in [-0.25, -0.2) is 0 Å². The quantitative estimate of drug-likeness (QED) is 0.660. The monoisotopic (exact) mass is 385 g/mol. The first kappa shape index (κ1) is 22.4. The molecule has 9 heteroatoms. The highest BCUT2D eigenvalue weighted by atomic mass is 19.4. The molecule has 0 aliphatic heterocycles. The Kier molecular flexibility index (Phi) is 7.37. The van der Waals surface area contributed by atoms with Gasteiger partial charge in [0.05, 0.1) is 24.4 Å². The van der Waals surface area contributed by atoms with Gasteiger partial charge in [-0.2, -0.15) is 18.4 Å². The van der Waals surface area contributed by atoms with Crippen LogP contribution in [-0.4, -0.2) is 37.5 Å². The lowest BCUT2D eigenvalue weighted by Gasteiger charge is -2.27. The first-order valence-electron chi connectivity index (χ1n) is 8.38. The third-order valence-corrected chi connectivity index (χ3v) is 4.22. The molecule has 1 aromatic rings. The Morgan fingerprint density at radius 1 is 1.19 bits per heavy atom. The number of carbonyl (C=O) groups excluding carboxylic acids is 2. The Hall–Kier alpha value is -2.60. The molecule has 0 fully saturated rings. The highest BCUT2D eigenvalue weighted by Crippen LogP contribution is 2.34. The minimum atomic E-state index is -4.58. The van der Waals surface area contributed by atoms with Gasteiger partial charge in [-0.05, 0) is 25.0 Å². The van der Waals surface area contributed by atoms with E-state index >= 15 is 0 Å². The lowest BCUT2D eigenvalue weighted by molar-refractivity contribution is -0.862. The molecule has 0 aliphatic carbocycles. The standard InChI is InChI=1S/C18H23F3N4O2/c1-12(2)17(3,11-22)24-16(27)10-25(4)9-15(26)23-14-8-6-5-7-13(14)18(19,20)21/h5-8,12H,9-10H2,1-4H3,(H,23,26)(H,24,27)/p+1/t17-/m0/s1. The number of hydrogen-bond acceptors (Lipinski definition) is 3. The number of anilines is 1. The van der Waals surface area contributed by atoms with E-state index < -0.39 is 29.1 Å². The fraction of sp³-hybridized carbons (Fsp3) is 0.500. The van der Waals surface area contributed by atoms with Gasteiger partial charge in [0, 0.05) is 0 Å². The first-order chi connectivity index (χ1) is 12.4. The van der Waals surface area contributed by atoms with E-state index in [2.05, 4.69) is 10.6 Å². The zero-order valence-electron chi connectivity index (χ0n) is 15.7. The third-order valence-electron chi connectivity index (χ3n) is 4.22. The van der Waals surface area contributed by atoms with Crippen LogP contribution in [0.15, 0.2) is 24.3 Å². The summed E-state index contributed by atoms with van der Waals surface area (Å²) in [5, 5.41) is 14.1. The van der Waals surface area contributed by atoms with E-state index in [1.807, 2.05) is 6.07 Å². The predicted octanol–water partition coefficient (Wildman–Crippen LogP) is 1.21. The summed E-state index contributed by atoms with van der Waals surface area (Å²) < 4.78 is 38.9. The number of hydrogen-bond donors (Lipinski definition) is 3. The topological polar surface area (TPSA) is 86.4 Å². The maximum Gasteiger partial charge on any atom is 0.418 e. The van der Waals surface area contributed by atoms with Crippen molar-refractivity contribution in [2.24, 2.45) is 5.92 Å². The molecule has 1 rings (SSSR count). The number of para-hydroxylation sites is 1. The summed E-state index contributed by atoms with van der Waals surface area (Å²) >= 11 is 0. The minimum Gasteiger partial charge on any atom is -0.333 e. The van der Waals surface area contributed by atoms with Crippen molar-refractivity contribution in [2.75, 3.05) is 25.5 Å². The molecule has 0 heterocycles. The third kappa shape index (κ3) is 6.57. The minimum absolute atomic E-state index is 0.0989. The lowest BCUT2D eigenvalue weighted by Crippen LogP contribution is -3.11. The predicted molar refractivity (Wildman–Crippen MR) is 93.7 cm³/mol. The normalized spacial score (nSPS) is 14.8. The molecule has 0 aromatic heterocycles. The molecular weight excluding hydrogens is 361 g/mol. The van der Waals surface area contributed by atoms with Gasteiger partial charge in [0.1, 0.15) is 5.54 Å². The van der Waals surface area contributed by atoms with Crippen molar-refractivity contribution in [3.8, 4) is 6.07 Å². The van der Waals surface area contributed by atoms with Crippen LogP contribution in [0.2, 0.25) is 0 Å². The summed E-state index contributed by atoms with van der Waals surface area (Å²) in [6.45, 7) is 4.89. The van der Waals surface area contributed by atoms with Crippen LogP contribution >= 0.6 is 0 Å². The number of nitrogens with one attached hydrogen (secondary N) is 3. The number of nitrogens with zero attached hydrogens (tertiary/aromatic N) is 1. The summed E-state index contributed by atoms with van der Waals surface area (Å²) in [5.41, 5.74) is -2.30. The van der Waals surface area contributed by atoms with Gasteiger partial charge < -0.3 is 15.5 Å². The van der Waals surface area contributed by atoms with Gasteiger partial charge in [-0.3, -0.25) is 9.59 Å². The van der Waals surface area contributed by atoms with Crippen LogP contribution in [0.4, 0.5) is 18.9 Å². The molecule has 0 saturated heterocycles. The number of alkyl halides is 3. The molecule has 6 nitrogen and oxygen atoms in total. The Bertz CT molecular complexity index is 728. The van der Waals surface area contributed by atoms with Gasteiger partial charge in [-0.15, -0.1) is 0 Å². The van der Waals surface area contributed by atoms with Crippen molar-refractivity contribution < 1.29 is 27.7 Å². The molecule has 2 amide bonds. The highest BCUT2D eigenvalue weighted by Gasteiger charge is 2.34. The molecule has 0 bridgehead atoms. The van der Waals surface area contributed by atoms with Crippen molar-refractivity contribution in [3.63, 3.8) is 0 Å². The average Bonchev–Trinajstić information content (AvgIpc) is 2.53. The van der Waals surface area contributed by atoms with E-state index in [-0.39, 0.29) is 24.7 Å².